The number of benzene rings is 1. The molecule has 1 aliphatic heterocycles. The van der Waals surface area contributed by atoms with E-state index in [1.165, 1.54) is 64.5 Å². The number of rotatable bonds is 2. The Kier molecular flexibility index (Phi) is 2.89. The lowest BCUT2D eigenvalue weighted by Gasteiger charge is -2.59. The predicted octanol–water partition coefficient (Wildman–Crippen LogP) is 3.74. The molecular formula is C20H28N2. The molecule has 2 bridgehead atoms. The fourth-order valence-corrected chi connectivity index (χ4v) is 5.96. The SMILES string of the molecule is Nc1ccc2c(c1)[C@@]13CCCC[C@H]1[C@H](C2)N(CC1CC1)CC3. The number of piperidine rings is 1. The van der Waals surface area contributed by atoms with Crippen molar-refractivity contribution in [2.24, 2.45) is 11.8 Å². The van der Waals surface area contributed by atoms with Gasteiger partial charge in [-0.15, -0.1) is 0 Å². The van der Waals surface area contributed by atoms with E-state index in [-0.39, 0.29) is 0 Å². The molecule has 4 aliphatic rings. The van der Waals surface area contributed by atoms with Gasteiger partial charge in [0.1, 0.15) is 0 Å². The van der Waals surface area contributed by atoms with Gasteiger partial charge >= 0.3 is 0 Å². The van der Waals surface area contributed by atoms with E-state index in [2.05, 4.69) is 23.1 Å². The molecule has 118 valence electrons. The lowest BCUT2D eigenvalue weighted by Crippen LogP contribution is -2.61. The second-order valence-electron chi connectivity index (χ2n) is 8.38. The van der Waals surface area contributed by atoms with E-state index in [4.69, 9.17) is 5.73 Å². The van der Waals surface area contributed by atoms with E-state index in [1.54, 1.807) is 11.1 Å². The van der Waals surface area contributed by atoms with Crippen molar-refractivity contribution in [3.8, 4) is 0 Å². The molecule has 3 aliphatic carbocycles. The number of anilines is 1. The average molecular weight is 296 g/mol. The first kappa shape index (κ1) is 13.4. The minimum Gasteiger partial charge on any atom is -0.399 e. The molecule has 0 spiro atoms. The lowest BCUT2D eigenvalue weighted by molar-refractivity contribution is -0.0133. The monoisotopic (exact) mass is 296 g/mol. The van der Waals surface area contributed by atoms with Gasteiger partial charge in [0, 0.05) is 23.7 Å². The maximum atomic E-state index is 6.16. The standard InChI is InChI=1S/C20H28N2/c21-16-7-6-15-11-19-17-3-1-2-8-20(17,18(15)12-16)9-10-22(19)13-14-4-5-14/h6-7,12,14,17,19H,1-5,8-11,13,21H2/t17-,19-,20+/m0/s1. The smallest absolute Gasteiger partial charge is 0.0317 e. The Labute approximate surface area is 134 Å². The van der Waals surface area contributed by atoms with Crippen molar-refractivity contribution in [2.45, 2.75) is 62.8 Å². The quantitative estimate of drug-likeness (QED) is 0.842. The van der Waals surface area contributed by atoms with Gasteiger partial charge in [-0.1, -0.05) is 18.9 Å². The Morgan fingerprint density at radius 1 is 1.14 bits per heavy atom. The minimum atomic E-state index is 0.464. The third-order valence-electron chi connectivity index (χ3n) is 7.17. The summed E-state index contributed by atoms with van der Waals surface area (Å²) in [6, 6.07) is 7.61. The number of nitrogens with two attached hydrogens (primary N) is 1. The number of likely N-dealkylation sites (tertiary alicyclic amines) is 1. The van der Waals surface area contributed by atoms with Crippen LogP contribution in [0.1, 0.15) is 56.1 Å². The molecule has 1 aromatic carbocycles. The number of nitrogen functional groups attached to an aromatic ring is 1. The summed E-state index contributed by atoms with van der Waals surface area (Å²) in [5.74, 6) is 1.91. The predicted molar refractivity (Wildman–Crippen MR) is 90.9 cm³/mol. The first-order valence-electron chi connectivity index (χ1n) is 9.39. The zero-order valence-corrected chi connectivity index (χ0v) is 13.6. The Morgan fingerprint density at radius 3 is 2.91 bits per heavy atom. The van der Waals surface area contributed by atoms with Crippen LogP contribution in [0.3, 0.4) is 0 Å². The molecule has 2 heteroatoms. The molecular weight excluding hydrogens is 268 g/mol. The molecule has 2 saturated carbocycles. The largest absolute Gasteiger partial charge is 0.399 e. The summed E-state index contributed by atoms with van der Waals surface area (Å²) in [6.07, 6.45) is 11.3. The van der Waals surface area contributed by atoms with Gasteiger partial charge in [-0.3, -0.25) is 4.90 Å². The second kappa shape index (κ2) is 4.74. The van der Waals surface area contributed by atoms with Crippen molar-refractivity contribution < 1.29 is 0 Å². The van der Waals surface area contributed by atoms with E-state index in [0.29, 0.717) is 5.41 Å². The fraction of sp³-hybridized carbons (Fsp3) is 0.700. The van der Waals surface area contributed by atoms with E-state index in [1.807, 2.05) is 0 Å². The van der Waals surface area contributed by atoms with Crippen molar-refractivity contribution >= 4 is 5.69 Å². The molecule has 5 rings (SSSR count). The topological polar surface area (TPSA) is 29.3 Å². The van der Waals surface area contributed by atoms with Gasteiger partial charge in [0.2, 0.25) is 0 Å². The summed E-state index contributed by atoms with van der Waals surface area (Å²) in [4.78, 5) is 2.88. The van der Waals surface area contributed by atoms with Crippen LogP contribution in [0.5, 0.6) is 0 Å². The number of fused-ring (bicyclic) bond motifs is 1. The zero-order chi connectivity index (χ0) is 14.7. The van der Waals surface area contributed by atoms with Crippen molar-refractivity contribution in [1.82, 2.24) is 4.90 Å². The highest BCUT2D eigenvalue weighted by Crippen LogP contribution is 2.56. The Hall–Kier alpha value is -1.02. The highest BCUT2D eigenvalue weighted by atomic mass is 15.2. The molecule has 3 fully saturated rings. The molecule has 0 radical (unpaired) electrons. The normalized spacial score (nSPS) is 37.5. The van der Waals surface area contributed by atoms with E-state index in [0.717, 1.165) is 23.6 Å². The van der Waals surface area contributed by atoms with Gasteiger partial charge in [0.25, 0.3) is 0 Å². The maximum Gasteiger partial charge on any atom is 0.0317 e. The van der Waals surface area contributed by atoms with E-state index < -0.39 is 0 Å². The molecule has 0 amide bonds. The summed E-state index contributed by atoms with van der Waals surface area (Å²) >= 11 is 0. The Balaban J connectivity index is 1.58. The fourth-order valence-electron chi connectivity index (χ4n) is 5.96. The molecule has 0 aromatic heterocycles. The van der Waals surface area contributed by atoms with Crippen LogP contribution >= 0.6 is 0 Å². The summed E-state index contributed by atoms with van der Waals surface area (Å²) in [5.41, 5.74) is 10.8. The molecule has 2 N–H and O–H groups in total. The second-order valence-corrected chi connectivity index (χ2v) is 8.38. The van der Waals surface area contributed by atoms with Crippen molar-refractivity contribution in [1.29, 1.82) is 0 Å². The van der Waals surface area contributed by atoms with Gasteiger partial charge in [-0.05, 0) is 80.2 Å². The van der Waals surface area contributed by atoms with Crippen LogP contribution in [0.2, 0.25) is 0 Å². The van der Waals surface area contributed by atoms with Crippen LogP contribution in [0, 0.1) is 11.8 Å². The van der Waals surface area contributed by atoms with Gasteiger partial charge in [-0.25, -0.2) is 0 Å². The van der Waals surface area contributed by atoms with E-state index >= 15 is 0 Å². The molecule has 0 unspecified atom stereocenters. The third kappa shape index (κ3) is 1.89. The van der Waals surface area contributed by atoms with Gasteiger partial charge in [0.15, 0.2) is 0 Å². The van der Waals surface area contributed by atoms with Crippen LogP contribution in [-0.2, 0) is 11.8 Å². The van der Waals surface area contributed by atoms with Crippen LogP contribution in [-0.4, -0.2) is 24.0 Å². The average Bonchev–Trinajstić information content (AvgIpc) is 3.35. The summed E-state index contributed by atoms with van der Waals surface area (Å²) in [5, 5.41) is 0. The van der Waals surface area contributed by atoms with Gasteiger partial charge in [0.05, 0.1) is 0 Å². The van der Waals surface area contributed by atoms with Gasteiger partial charge in [-0.2, -0.15) is 0 Å². The summed E-state index contributed by atoms with van der Waals surface area (Å²) < 4.78 is 0. The summed E-state index contributed by atoms with van der Waals surface area (Å²) in [7, 11) is 0. The zero-order valence-electron chi connectivity index (χ0n) is 13.6. The maximum absolute atomic E-state index is 6.16. The van der Waals surface area contributed by atoms with Crippen LogP contribution in [0.25, 0.3) is 0 Å². The Bertz CT molecular complexity index is 591. The van der Waals surface area contributed by atoms with E-state index in [9.17, 15) is 0 Å². The first-order valence-corrected chi connectivity index (χ1v) is 9.39. The van der Waals surface area contributed by atoms with Crippen molar-refractivity contribution in [3.05, 3.63) is 29.3 Å². The van der Waals surface area contributed by atoms with Crippen LogP contribution < -0.4 is 5.73 Å². The Morgan fingerprint density at radius 2 is 2.05 bits per heavy atom. The van der Waals surface area contributed by atoms with Crippen molar-refractivity contribution in [2.75, 3.05) is 18.8 Å². The molecule has 1 heterocycles. The molecule has 1 aromatic rings. The number of hydrogen-bond acceptors (Lipinski definition) is 2. The molecule has 3 atom stereocenters. The summed E-state index contributed by atoms with van der Waals surface area (Å²) in [6.45, 7) is 2.70. The molecule has 22 heavy (non-hydrogen) atoms. The molecule has 2 nitrogen and oxygen atoms in total. The first-order chi connectivity index (χ1) is 10.8. The van der Waals surface area contributed by atoms with Crippen LogP contribution in [0.15, 0.2) is 18.2 Å². The van der Waals surface area contributed by atoms with Gasteiger partial charge < -0.3 is 5.73 Å². The third-order valence-corrected chi connectivity index (χ3v) is 7.17. The molecule has 1 saturated heterocycles. The lowest BCUT2D eigenvalue weighted by atomic mass is 9.52. The van der Waals surface area contributed by atoms with Crippen LogP contribution in [0.4, 0.5) is 5.69 Å². The number of hydrogen-bond donors (Lipinski definition) is 1. The number of nitrogens with zero attached hydrogens (tertiary/aromatic N) is 1. The highest BCUT2D eigenvalue weighted by Gasteiger charge is 2.54. The minimum absolute atomic E-state index is 0.464. The van der Waals surface area contributed by atoms with Crippen molar-refractivity contribution in [3.63, 3.8) is 0 Å². The highest BCUT2D eigenvalue weighted by molar-refractivity contribution is 5.51.